The van der Waals surface area contributed by atoms with Crippen LogP contribution in [0.4, 0.5) is 4.39 Å². The number of nitriles is 1. The van der Waals surface area contributed by atoms with Gasteiger partial charge in [0, 0.05) is 0 Å². The molecule has 0 heterocycles. The van der Waals surface area contributed by atoms with Crippen LogP contribution in [0.2, 0.25) is 0 Å². The number of methoxy groups -OCH3 is 1. The maximum absolute atomic E-state index is 13.2. The quantitative estimate of drug-likeness (QED) is 0.697. The van der Waals surface area contributed by atoms with E-state index in [0.717, 1.165) is 0 Å². The second kappa shape index (κ2) is 4.56. The smallest absolute Gasteiger partial charge is 0.339 e. The van der Waals surface area contributed by atoms with Gasteiger partial charge in [0.2, 0.25) is 0 Å². The molecule has 0 N–H and O–H groups in total. The summed E-state index contributed by atoms with van der Waals surface area (Å²) in [6.45, 7) is 1.82. The van der Waals surface area contributed by atoms with Gasteiger partial charge < -0.3 is 4.74 Å². The summed E-state index contributed by atoms with van der Waals surface area (Å²) in [5, 5.41) is 8.77. The van der Waals surface area contributed by atoms with E-state index in [1.54, 1.807) is 6.07 Å². The molecule has 78 valence electrons. The topological polar surface area (TPSA) is 50.1 Å². The van der Waals surface area contributed by atoms with Crippen molar-refractivity contribution in [2.45, 2.75) is 13.3 Å². The Morgan fingerprint density at radius 1 is 1.60 bits per heavy atom. The van der Waals surface area contributed by atoms with Gasteiger partial charge in [-0.15, -0.1) is 0 Å². The Labute approximate surface area is 87.1 Å². The first-order valence-corrected chi connectivity index (χ1v) is 4.45. The van der Waals surface area contributed by atoms with Gasteiger partial charge >= 0.3 is 5.97 Å². The average Bonchev–Trinajstić information content (AvgIpc) is 2.27. The molecule has 1 aromatic carbocycles. The van der Waals surface area contributed by atoms with E-state index in [1.807, 2.05) is 6.92 Å². The minimum Gasteiger partial charge on any atom is -0.465 e. The van der Waals surface area contributed by atoms with Crippen LogP contribution in [0.3, 0.4) is 0 Å². The summed E-state index contributed by atoms with van der Waals surface area (Å²) in [6, 6.07) is 4.35. The van der Waals surface area contributed by atoms with Crippen LogP contribution in [0, 0.1) is 17.1 Å². The molecule has 0 saturated carbocycles. The molecule has 0 saturated heterocycles. The third kappa shape index (κ3) is 1.96. The molecule has 0 bridgehead atoms. The lowest BCUT2D eigenvalue weighted by Crippen LogP contribution is -2.09. The Morgan fingerprint density at radius 2 is 2.27 bits per heavy atom. The second-order valence-electron chi connectivity index (χ2n) is 2.91. The number of halogens is 1. The minimum absolute atomic E-state index is 0.0301. The minimum atomic E-state index is -0.699. The van der Waals surface area contributed by atoms with Crippen LogP contribution < -0.4 is 0 Å². The van der Waals surface area contributed by atoms with E-state index in [9.17, 15) is 9.18 Å². The molecule has 1 aromatic rings. The molecule has 1 rings (SSSR count). The van der Waals surface area contributed by atoms with E-state index in [0.29, 0.717) is 12.0 Å². The maximum Gasteiger partial charge on any atom is 0.339 e. The van der Waals surface area contributed by atoms with Gasteiger partial charge in [-0.1, -0.05) is 13.0 Å². The predicted molar refractivity (Wildman–Crippen MR) is 51.8 cm³/mol. The number of carbonyl (C=O) groups is 1. The zero-order valence-corrected chi connectivity index (χ0v) is 8.50. The van der Waals surface area contributed by atoms with Crippen molar-refractivity contribution in [3.63, 3.8) is 0 Å². The molecule has 3 nitrogen and oxygen atoms in total. The largest absolute Gasteiger partial charge is 0.465 e. The number of aryl methyl sites for hydroxylation is 1. The fraction of sp³-hybridized carbons (Fsp3) is 0.273. The number of carbonyl (C=O) groups excluding carboxylic acids is 1. The van der Waals surface area contributed by atoms with Crippen LogP contribution in [0.5, 0.6) is 0 Å². The standard InChI is InChI=1S/C11H10FNO2/c1-3-7-4-5-9(12)8(6-13)10(7)11(14)15-2/h4-5H,3H2,1-2H3. The van der Waals surface area contributed by atoms with Gasteiger partial charge in [0.05, 0.1) is 12.7 Å². The third-order valence-electron chi connectivity index (χ3n) is 2.12. The summed E-state index contributed by atoms with van der Waals surface area (Å²) in [7, 11) is 1.20. The zero-order chi connectivity index (χ0) is 11.4. The summed E-state index contributed by atoms with van der Waals surface area (Å²) in [6.07, 6.45) is 0.541. The summed E-state index contributed by atoms with van der Waals surface area (Å²) in [5.74, 6) is -1.38. The van der Waals surface area contributed by atoms with Gasteiger partial charge in [-0.05, 0) is 18.1 Å². The third-order valence-corrected chi connectivity index (χ3v) is 2.12. The number of hydrogen-bond acceptors (Lipinski definition) is 3. The number of hydrogen-bond donors (Lipinski definition) is 0. The van der Waals surface area contributed by atoms with E-state index in [1.165, 1.54) is 19.2 Å². The van der Waals surface area contributed by atoms with Crippen LogP contribution in [-0.4, -0.2) is 13.1 Å². The molecule has 4 heteroatoms. The lowest BCUT2D eigenvalue weighted by Gasteiger charge is -2.08. The fourth-order valence-electron chi connectivity index (χ4n) is 1.36. The average molecular weight is 207 g/mol. The van der Waals surface area contributed by atoms with Crippen molar-refractivity contribution in [2.75, 3.05) is 7.11 Å². The summed E-state index contributed by atoms with van der Waals surface area (Å²) < 4.78 is 17.8. The van der Waals surface area contributed by atoms with Crippen LogP contribution in [0.1, 0.15) is 28.4 Å². The van der Waals surface area contributed by atoms with Gasteiger partial charge in [0.15, 0.2) is 0 Å². The maximum atomic E-state index is 13.2. The lowest BCUT2D eigenvalue weighted by molar-refractivity contribution is 0.0598. The van der Waals surface area contributed by atoms with E-state index >= 15 is 0 Å². The predicted octanol–water partition coefficient (Wildman–Crippen LogP) is 2.05. The Morgan fingerprint density at radius 3 is 2.73 bits per heavy atom. The summed E-state index contributed by atoms with van der Waals surface area (Å²) >= 11 is 0. The Hall–Kier alpha value is -1.89. The normalized spacial score (nSPS) is 9.47. The molecule has 0 spiro atoms. The summed E-state index contributed by atoms with van der Waals surface area (Å²) in [5.41, 5.74) is 0.392. The zero-order valence-electron chi connectivity index (χ0n) is 8.50. The van der Waals surface area contributed by atoms with Gasteiger partial charge in [0.25, 0.3) is 0 Å². The van der Waals surface area contributed by atoms with E-state index in [2.05, 4.69) is 4.74 Å². The van der Waals surface area contributed by atoms with Crippen LogP contribution >= 0.6 is 0 Å². The molecule has 0 radical (unpaired) electrons. The number of benzene rings is 1. The molecule has 0 aromatic heterocycles. The van der Waals surface area contributed by atoms with Crippen molar-refractivity contribution >= 4 is 5.97 Å². The summed E-state index contributed by atoms with van der Waals surface area (Å²) in [4.78, 5) is 11.4. The van der Waals surface area contributed by atoms with E-state index in [4.69, 9.17) is 5.26 Å². The van der Waals surface area contributed by atoms with Crippen molar-refractivity contribution in [2.24, 2.45) is 0 Å². The number of esters is 1. The van der Waals surface area contributed by atoms with Crippen molar-refractivity contribution in [1.29, 1.82) is 5.26 Å². The highest BCUT2D eigenvalue weighted by molar-refractivity contribution is 5.93. The van der Waals surface area contributed by atoms with E-state index < -0.39 is 11.8 Å². The van der Waals surface area contributed by atoms with Gasteiger partial charge in [0.1, 0.15) is 17.4 Å². The molecule has 0 amide bonds. The van der Waals surface area contributed by atoms with Crippen molar-refractivity contribution in [1.82, 2.24) is 0 Å². The SMILES string of the molecule is CCc1ccc(F)c(C#N)c1C(=O)OC. The first kappa shape index (κ1) is 11.2. The second-order valence-corrected chi connectivity index (χ2v) is 2.91. The highest BCUT2D eigenvalue weighted by atomic mass is 19.1. The Balaban J connectivity index is 3.49. The first-order valence-electron chi connectivity index (χ1n) is 4.45. The molecule has 0 aliphatic rings. The lowest BCUT2D eigenvalue weighted by atomic mass is 9.99. The molecular formula is C11H10FNO2. The highest BCUT2D eigenvalue weighted by Crippen LogP contribution is 2.19. The van der Waals surface area contributed by atoms with Crippen LogP contribution in [0.25, 0.3) is 0 Å². The van der Waals surface area contributed by atoms with Crippen LogP contribution in [0.15, 0.2) is 12.1 Å². The van der Waals surface area contributed by atoms with Crippen molar-refractivity contribution < 1.29 is 13.9 Å². The molecule has 0 aliphatic heterocycles. The molecule has 0 aliphatic carbocycles. The molecule has 0 unspecified atom stereocenters. The molecule has 0 atom stereocenters. The fourth-order valence-corrected chi connectivity index (χ4v) is 1.36. The number of nitrogens with zero attached hydrogens (tertiary/aromatic N) is 1. The van der Waals surface area contributed by atoms with E-state index in [-0.39, 0.29) is 11.1 Å². The number of ether oxygens (including phenoxy) is 1. The molecule has 15 heavy (non-hydrogen) atoms. The highest BCUT2D eigenvalue weighted by Gasteiger charge is 2.19. The molecular weight excluding hydrogens is 197 g/mol. The Kier molecular flexibility index (Phi) is 3.40. The van der Waals surface area contributed by atoms with Crippen molar-refractivity contribution in [3.8, 4) is 6.07 Å². The van der Waals surface area contributed by atoms with Crippen LogP contribution in [-0.2, 0) is 11.2 Å². The monoisotopic (exact) mass is 207 g/mol. The first-order chi connectivity index (χ1) is 7.15. The van der Waals surface area contributed by atoms with Gasteiger partial charge in [-0.25, -0.2) is 9.18 Å². The van der Waals surface area contributed by atoms with Gasteiger partial charge in [-0.3, -0.25) is 0 Å². The number of rotatable bonds is 2. The molecule has 0 fully saturated rings. The Bertz CT molecular complexity index is 435. The van der Waals surface area contributed by atoms with Crippen molar-refractivity contribution in [3.05, 3.63) is 34.6 Å². The van der Waals surface area contributed by atoms with Gasteiger partial charge in [-0.2, -0.15) is 5.26 Å².